The number of H-pyrrole nitrogens is 1. The normalized spacial score (nSPS) is 11.2. The molecule has 1 N–H and O–H groups in total. The lowest BCUT2D eigenvalue weighted by Crippen LogP contribution is -2.00. The fraction of sp³-hybridized carbons (Fsp3) is 0.118. The summed E-state index contributed by atoms with van der Waals surface area (Å²) in [6.45, 7) is 0.563. The van der Waals surface area contributed by atoms with Gasteiger partial charge in [0.15, 0.2) is 0 Å². The first-order chi connectivity index (χ1) is 11.7. The van der Waals surface area contributed by atoms with Crippen molar-refractivity contribution in [3.63, 3.8) is 0 Å². The highest BCUT2D eigenvalue weighted by molar-refractivity contribution is 6.34. The van der Waals surface area contributed by atoms with Crippen LogP contribution < -0.4 is 0 Å². The predicted octanol–water partition coefficient (Wildman–Crippen LogP) is 4.10. The number of rotatable bonds is 4. The van der Waals surface area contributed by atoms with E-state index in [1.807, 2.05) is 42.6 Å². The number of hydrogen-bond donors (Lipinski definition) is 1. The zero-order valence-corrected chi connectivity index (χ0v) is 14.1. The molecule has 0 amide bonds. The number of nitrogens with one attached hydrogen (secondary N) is 1. The third kappa shape index (κ3) is 3.27. The maximum absolute atomic E-state index is 6.03. The average molecular weight is 358 g/mol. The first-order valence-electron chi connectivity index (χ1n) is 7.43. The van der Waals surface area contributed by atoms with Gasteiger partial charge in [0, 0.05) is 16.2 Å². The maximum Gasteiger partial charge on any atom is 0.113 e. The van der Waals surface area contributed by atoms with Crippen LogP contribution in [0.1, 0.15) is 17.1 Å². The number of imidazole rings is 1. The van der Waals surface area contributed by atoms with Gasteiger partial charge in [-0.3, -0.25) is 0 Å². The molecule has 5 nitrogen and oxygen atoms in total. The smallest absolute Gasteiger partial charge is 0.113 e. The fourth-order valence-electron chi connectivity index (χ4n) is 2.65. The van der Waals surface area contributed by atoms with Crippen LogP contribution in [0.15, 0.2) is 48.7 Å². The van der Waals surface area contributed by atoms with E-state index in [1.165, 1.54) is 0 Å². The minimum atomic E-state index is 0.563. The lowest BCUT2D eigenvalue weighted by atomic mass is 10.2. The lowest BCUT2D eigenvalue weighted by Gasteiger charge is -2.02. The molecule has 0 unspecified atom stereocenters. The summed E-state index contributed by atoms with van der Waals surface area (Å²) >= 11 is 12.1. The van der Waals surface area contributed by atoms with E-state index in [9.17, 15) is 0 Å². The van der Waals surface area contributed by atoms with Gasteiger partial charge in [-0.2, -0.15) is 0 Å². The summed E-state index contributed by atoms with van der Waals surface area (Å²) in [5.41, 5.74) is 3.80. The molecule has 24 heavy (non-hydrogen) atoms. The van der Waals surface area contributed by atoms with Crippen LogP contribution in [0.25, 0.3) is 11.0 Å². The summed E-state index contributed by atoms with van der Waals surface area (Å²) < 4.78 is 1.76. The number of hydrogen-bond acceptors (Lipinski definition) is 3. The maximum atomic E-state index is 6.03. The number of aromatic amines is 1. The zero-order chi connectivity index (χ0) is 16.5. The highest BCUT2D eigenvalue weighted by Gasteiger charge is 2.08. The molecule has 2 aromatic heterocycles. The molecule has 120 valence electrons. The number of benzene rings is 2. The van der Waals surface area contributed by atoms with Gasteiger partial charge in [0.05, 0.1) is 29.7 Å². The molecular weight excluding hydrogens is 345 g/mol. The number of nitrogens with zero attached hydrogens (tertiary/aromatic N) is 4. The van der Waals surface area contributed by atoms with Crippen LogP contribution in [0.2, 0.25) is 10.0 Å². The minimum Gasteiger partial charge on any atom is -0.342 e. The van der Waals surface area contributed by atoms with Crippen LogP contribution in [-0.2, 0) is 13.0 Å². The molecule has 0 bridgehead atoms. The van der Waals surface area contributed by atoms with Crippen molar-refractivity contribution in [3.8, 4) is 0 Å². The van der Waals surface area contributed by atoms with E-state index in [-0.39, 0.29) is 0 Å². The summed E-state index contributed by atoms with van der Waals surface area (Å²) in [6, 6.07) is 13.4. The molecule has 2 heterocycles. The van der Waals surface area contributed by atoms with Crippen LogP contribution in [0, 0.1) is 0 Å². The summed E-state index contributed by atoms with van der Waals surface area (Å²) in [7, 11) is 0. The quantitative estimate of drug-likeness (QED) is 0.598. The summed E-state index contributed by atoms with van der Waals surface area (Å²) in [5, 5.41) is 9.59. The summed E-state index contributed by atoms with van der Waals surface area (Å²) in [6.07, 6.45) is 2.51. The lowest BCUT2D eigenvalue weighted by molar-refractivity contribution is 0.649. The highest BCUT2D eigenvalue weighted by atomic mass is 35.5. The molecule has 4 rings (SSSR count). The van der Waals surface area contributed by atoms with Crippen molar-refractivity contribution in [2.75, 3.05) is 0 Å². The average Bonchev–Trinajstić information content (AvgIpc) is 3.12. The van der Waals surface area contributed by atoms with Gasteiger partial charge in [0.2, 0.25) is 0 Å². The Morgan fingerprint density at radius 3 is 2.62 bits per heavy atom. The highest BCUT2D eigenvalue weighted by Crippen LogP contribution is 2.19. The van der Waals surface area contributed by atoms with Gasteiger partial charge in [-0.25, -0.2) is 9.67 Å². The number of fused-ring (bicyclic) bond motifs is 1. The van der Waals surface area contributed by atoms with E-state index in [2.05, 4.69) is 20.3 Å². The molecule has 0 aliphatic rings. The second kappa shape index (κ2) is 6.26. The Labute approximate surface area is 148 Å². The van der Waals surface area contributed by atoms with E-state index in [0.29, 0.717) is 23.0 Å². The number of halogens is 2. The van der Waals surface area contributed by atoms with Crippen molar-refractivity contribution < 1.29 is 0 Å². The Bertz CT molecular complexity index is 952. The second-order valence-corrected chi connectivity index (χ2v) is 6.44. The standard InChI is InChI=1S/C17H13Cl2N5/c18-12-5-11(6-13(19)7-12)9-24-10-14(22-23-24)8-17-20-15-3-1-2-4-16(15)21-17/h1-7,10H,8-9H2,(H,20,21). The van der Waals surface area contributed by atoms with Gasteiger partial charge < -0.3 is 4.98 Å². The van der Waals surface area contributed by atoms with Crippen LogP contribution in [-0.4, -0.2) is 25.0 Å². The Hall–Kier alpha value is -2.37. The molecule has 0 saturated carbocycles. The number of para-hydroxylation sites is 2. The van der Waals surface area contributed by atoms with Crippen LogP contribution in [0.5, 0.6) is 0 Å². The van der Waals surface area contributed by atoms with Gasteiger partial charge in [0.1, 0.15) is 5.82 Å². The van der Waals surface area contributed by atoms with Gasteiger partial charge in [-0.15, -0.1) is 5.10 Å². The van der Waals surface area contributed by atoms with Gasteiger partial charge in [-0.1, -0.05) is 40.5 Å². The Kier molecular flexibility index (Phi) is 3.96. The van der Waals surface area contributed by atoms with Crippen molar-refractivity contribution in [1.82, 2.24) is 25.0 Å². The largest absolute Gasteiger partial charge is 0.342 e. The molecule has 4 aromatic rings. The van der Waals surface area contributed by atoms with Gasteiger partial charge in [0.25, 0.3) is 0 Å². The first kappa shape index (κ1) is 15.2. The van der Waals surface area contributed by atoms with Crippen LogP contribution in [0.4, 0.5) is 0 Å². The molecule has 0 saturated heterocycles. The summed E-state index contributed by atoms with van der Waals surface area (Å²) in [5.74, 6) is 0.869. The zero-order valence-electron chi connectivity index (χ0n) is 12.6. The SMILES string of the molecule is Clc1cc(Cl)cc(Cn2cc(Cc3nc4ccccc4[nH]3)nn2)c1. The van der Waals surface area contributed by atoms with Crippen LogP contribution >= 0.6 is 23.2 Å². The van der Waals surface area contributed by atoms with Crippen molar-refractivity contribution in [2.45, 2.75) is 13.0 Å². The van der Waals surface area contributed by atoms with Crippen LogP contribution in [0.3, 0.4) is 0 Å². The molecule has 0 fully saturated rings. The van der Waals surface area contributed by atoms with E-state index in [4.69, 9.17) is 23.2 Å². The predicted molar refractivity (Wildman–Crippen MR) is 94.5 cm³/mol. The number of aromatic nitrogens is 5. The molecular formula is C17H13Cl2N5. The fourth-order valence-corrected chi connectivity index (χ4v) is 3.22. The molecule has 7 heteroatoms. The van der Waals surface area contributed by atoms with Gasteiger partial charge in [-0.05, 0) is 35.9 Å². The molecule has 0 radical (unpaired) electrons. The van der Waals surface area contributed by atoms with E-state index < -0.39 is 0 Å². The van der Waals surface area contributed by atoms with Crippen molar-refractivity contribution in [3.05, 3.63) is 75.8 Å². The van der Waals surface area contributed by atoms with Crippen molar-refractivity contribution >= 4 is 34.2 Å². The molecule has 0 aliphatic carbocycles. The van der Waals surface area contributed by atoms with E-state index >= 15 is 0 Å². The summed E-state index contributed by atoms with van der Waals surface area (Å²) in [4.78, 5) is 7.85. The van der Waals surface area contributed by atoms with Gasteiger partial charge >= 0.3 is 0 Å². The van der Waals surface area contributed by atoms with Crippen molar-refractivity contribution in [2.24, 2.45) is 0 Å². The third-order valence-electron chi connectivity index (χ3n) is 3.64. The third-order valence-corrected chi connectivity index (χ3v) is 4.08. The monoisotopic (exact) mass is 357 g/mol. The molecule has 0 aliphatic heterocycles. The van der Waals surface area contributed by atoms with Crippen molar-refractivity contribution in [1.29, 1.82) is 0 Å². The Morgan fingerprint density at radius 2 is 1.83 bits per heavy atom. The topological polar surface area (TPSA) is 59.4 Å². The first-order valence-corrected chi connectivity index (χ1v) is 8.19. The molecule has 2 aromatic carbocycles. The molecule has 0 spiro atoms. The van der Waals surface area contributed by atoms with E-state index in [0.717, 1.165) is 28.1 Å². The van der Waals surface area contributed by atoms with E-state index in [1.54, 1.807) is 10.7 Å². The molecule has 0 atom stereocenters. The minimum absolute atomic E-state index is 0.563. The second-order valence-electron chi connectivity index (χ2n) is 5.56. The Balaban J connectivity index is 1.52. The Morgan fingerprint density at radius 1 is 1.04 bits per heavy atom.